The molecule has 18 heavy (non-hydrogen) atoms. The molecule has 1 aromatic heterocycles. The SMILES string of the molecule is CC(C)(C)NC(=O)c1nc2c(Cl)ccc(Cl)c2[nH]1. The molecule has 1 amide bonds. The van der Waals surface area contributed by atoms with Gasteiger partial charge in [0.2, 0.25) is 0 Å². The van der Waals surface area contributed by atoms with Crippen LogP contribution in [0.1, 0.15) is 31.4 Å². The van der Waals surface area contributed by atoms with Gasteiger partial charge in [-0.2, -0.15) is 0 Å². The Balaban J connectivity index is 2.45. The highest BCUT2D eigenvalue weighted by Gasteiger charge is 2.19. The third-order valence-corrected chi connectivity index (χ3v) is 2.87. The number of hydrogen-bond acceptors (Lipinski definition) is 2. The Morgan fingerprint density at radius 2 is 1.89 bits per heavy atom. The first-order valence-corrected chi connectivity index (χ1v) is 6.20. The summed E-state index contributed by atoms with van der Waals surface area (Å²) in [5.41, 5.74) is 0.746. The van der Waals surface area contributed by atoms with E-state index in [1.54, 1.807) is 12.1 Å². The van der Waals surface area contributed by atoms with Crippen molar-refractivity contribution in [1.82, 2.24) is 15.3 Å². The molecule has 0 unspecified atom stereocenters. The van der Waals surface area contributed by atoms with Crippen LogP contribution < -0.4 is 5.32 Å². The van der Waals surface area contributed by atoms with Crippen LogP contribution in [0, 0.1) is 0 Å². The lowest BCUT2D eigenvalue weighted by molar-refractivity contribution is 0.0910. The van der Waals surface area contributed by atoms with E-state index in [1.165, 1.54) is 0 Å². The quantitative estimate of drug-likeness (QED) is 0.844. The highest BCUT2D eigenvalue weighted by atomic mass is 35.5. The number of H-pyrrole nitrogens is 1. The minimum atomic E-state index is -0.330. The highest BCUT2D eigenvalue weighted by Crippen LogP contribution is 2.27. The van der Waals surface area contributed by atoms with E-state index in [4.69, 9.17) is 23.2 Å². The molecule has 0 aliphatic heterocycles. The van der Waals surface area contributed by atoms with Crippen molar-refractivity contribution < 1.29 is 4.79 Å². The van der Waals surface area contributed by atoms with Gasteiger partial charge in [-0.1, -0.05) is 23.2 Å². The molecule has 0 aliphatic rings. The van der Waals surface area contributed by atoms with Crippen molar-refractivity contribution in [2.45, 2.75) is 26.3 Å². The van der Waals surface area contributed by atoms with Gasteiger partial charge in [-0.05, 0) is 32.9 Å². The summed E-state index contributed by atoms with van der Waals surface area (Å²) >= 11 is 12.0. The summed E-state index contributed by atoms with van der Waals surface area (Å²) in [6.45, 7) is 5.69. The van der Waals surface area contributed by atoms with Crippen LogP contribution in [0.4, 0.5) is 0 Å². The first-order chi connectivity index (χ1) is 8.28. The molecule has 2 rings (SSSR count). The predicted octanol–water partition coefficient (Wildman–Crippen LogP) is 3.40. The third-order valence-electron chi connectivity index (χ3n) is 2.25. The number of nitrogens with one attached hydrogen (secondary N) is 2. The summed E-state index contributed by atoms with van der Waals surface area (Å²) in [5, 5.41) is 3.76. The molecular weight excluding hydrogens is 273 g/mol. The molecule has 0 spiro atoms. The number of amides is 1. The lowest BCUT2D eigenvalue weighted by Gasteiger charge is -2.19. The van der Waals surface area contributed by atoms with Crippen molar-refractivity contribution in [3.05, 3.63) is 28.0 Å². The first kappa shape index (κ1) is 13.2. The molecule has 0 bridgehead atoms. The number of benzene rings is 1. The van der Waals surface area contributed by atoms with E-state index in [0.717, 1.165) is 0 Å². The minimum Gasteiger partial charge on any atom is -0.345 e. The van der Waals surface area contributed by atoms with Gasteiger partial charge in [0.1, 0.15) is 5.52 Å². The van der Waals surface area contributed by atoms with Crippen LogP contribution in [-0.4, -0.2) is 21.4 Å². The van der Waals surface area contributed by atoms with Crippen molar-refractivity contribution in [2.75, 3.05) is 0 Å². The number of hydrogen-bond donors (Lipinski definition) is 2. The Morgan fingerprint density at radius 1 is 1.28 bits per heavy atom. The van der Waals surface area contributed by atoms with Crippen molar-refractivity contribution in [3.8, 4) is 0 Å². The van der Waals surface area contributed by atoms with E-state index in [2.05, 4.69) is 15.3 Å². The molecule has 6 heteroatoms. The summed E-state index contributed by atoms with van der Waals surface area (Å²) in [4.78, 5) is 19.0. The van der Waals surface area contributed by atoms with E-state index in [9.17, 15) is 4.79 Å². The average molecular weight is 286 g/mol. The molecule has 0 radical (unpaired) electrons. The summed E-state index contributed by atoms with van der Waals surface area (Å²) in [5.74, 6) is -0.0826. The minimum absolute atomic E-state index is 0.204. The number of aromatic nitrogens is 2. The Labute approximate surface area is 115 Å². The molecule has 0 fully saturated rings. The molecule has 0 aliphatic carbocycles. The standard InChI is InChI=1S/C12H13Cl2N3O/c1-12(2,3)17-11(18)10-15-8-6(13)4-5-7(14)9(8)16-10/h4-5H,1-3H3,(H,15,16)(H,17,18). The van der Waals surface area contributed by atoms with Gasteiger partial charge in [0.25, 0.3) is 5.91 Å². The fraction of sp³-hybridized carbons (Fsp3) is 0.333. The molecule has 2 N–H and O–H groups in total. The summed E-state index contributed by atoms with van der Waals surface area (Å²) in [6, 6.07) is 3.31. The number of imidazole rings is 1. The van der Waals surface area contributed by atoms with E-state index >= 15 is 0 Å². The van der Waals surface area contributed by atoms with Gasteiger partial charge >= 0.3 is 0 Å². The molecule has 0 saturated carbocycles. The molecule has 0 atom stereocenters. The lowest BCUT2D eigenvalue weighted by atomic mass is 10.1. The van der Waals surface area contributed by atoms with Crippen LogP contribution in [-0.2, 0) is 0 Å². The van der Waals surface area contributed by atoms with Gasteiger partial charge in [0.15, 0.2) is 5.82 Å². The van der Waals surface area contributed by atoms with E-state index in [1.807, 2.05) is 20.8 Å². The predicted molar refractivity (Wildman–Crippen MR) is 73.3 cm³/mol. The number of carbonyl (C=O) groups excluding carboxylic acids is 1. The topological polar surface area (TPSA) is 57.8 Å². The maximum Gasteiger partial charge on any atom is 0.287 e. The third kappa shape index (κ3) is 2.60. The van der Waals surface area contributed by atoms with Crippen molar-refractivity contribution in [2.24, 2.45) is 0 Å². The Morgan fingerprint density at radius 3 is 2.44 bits per heavy atom. The zero-order chi connectivity index (χ0) is 13.5. The average Bonchev–Trinajstić information content (AvgIpc) is 2.67. The normalized spacial score (nSPS) is 11.8. The summed E-state index contributed by atoms with van der Waals surface area (Å²) in [6.07, 6.45) is 0. The number of halogens is 2. The zero-order valence-corrected chi connectivity index (χ0v) is 11.8. The smallest absolute Gasteiger partial charge is 0.287 e. The second-order valence-corrected chi connectivity index (χ2v) is 5.86. The second kappa shape index (κ2) is 4.44. The molecule has 4 nitrogen and oxygen atoms in total. The van der Waals surface area contributed by atoms with Gasteiger partial charge in [-0.25, -0.2) is 4.98 Å². The van der Waals surface area contributed by atoms with Crippen LogP contribution in [0.15, 0.2) is 12.1 Å². The Hall–Kier alpha value is -1.26. The van der Waals surface area contributed by atoms with Crippen molar-refractivity contribution >= 4 is 40.1 Å². The zero-order valence-electron chi connectivity index (χ0n) is 10.3. The maximum absolute atomic E-state index is 12.0. The maximum atomic E-state index is 12.0. The fourth-order valence-electron chi connectivity index (χ4n) is 1.53. The molecular formula is C12H13Cl2N3O. The molecule has 96 valence electrons. The fourth-order valence-corrected chi connectivity index (χ4v) is 1.93. The van der Waals surface area contributed by atoms with Gasteiger partial charge in [0, 0.05) is 5.54 Å². The summed E-state index contributed by atoms with van der Waals surface area (Å²) in [7, 11) is 0. The van der Waals surface area contributed by atoms with Crippen LogP contribution >= 0.6 is 23.2 Å². The first-order valence-electron chi connectivity index (χ1n) is 5.44. The van der Waals surface area contributed by atoms with Crippen LogP contribution in [0.3, 0.4) is 0 Å². The number of fused-ring (bicyclic) bond motifs is 1. The van der Waals surface area contributed by atoms with Crippen LogP contribution in [0.25, 0.3) is 11.0 Å². The van der Waals surface area contributed by atoms with Gasteiger partial charge in [-0.15, -0.1) is 0 Å². The Bertz CT molecular complexity index is 575. The monoisotopic (exact) mass is 285 g/mol. The molecule has 2 aromatic rings. The van der Waals surface area contributed by atoms with Crippen LogP contribution in [0.5, 0.6) is 0 Å². The number of aromatic amines is 1. The number of carbonyl (C=O) groups is 1. The van der Waals surface area contributed by atoms with Gasteiger partial charge in [-0.3, -0.25) is 4.79 Å². The van der Waals surface area contributed by atoms with Crippen molar-refractivity contribution in [3.63, 3.8) is 0 Å². The lowest BCUT2D eigenvalue weighted by Crippen LogP contribution is -2.41. The Kier molecular flexibility index (Phi) is 3.25. The number of nitrogens with zero attached hydrogens (tertiary/aromatic N) is 1. The van der Waals surface area contributed by atoms with Gasteiger partial charge in [0.05, 0.1) is 15.6 Å². The van der Waals surface area contributed by atoms with E-state index in [-0.39, 0.29) is 17.3 Å². The molecule has 0 saturated heterocycles. The summed E-state index contributed by atoms with van der Waals surface area (Å²) < 4.78 is 0. The van der Waals surface area contributed by atoms with E-state index in [0.29, 0.717) is 21.1 Å². The van der Waals surface area contributed by atoms with E-state index < -0.39 is 0 Å². The highest BCUT2D eigenvalue weighted by molar-refractivity contribution is 6.39. The molecule has 1 heterocycles. The number of rotatable bonds is 1. The molecule has 1 aromatic carbocycles. The largest absolute Gasteiger partial charge is 0.345 e. The van der Waals surface area contributed by atoms with Gasteiger partial charge < -0.3 is 10.3 Å². The van der Waals surface area contributed by atoms with Crippen LogP contribution in [0.2, 0.25) is 10.0 Å². The second-order valence-electron chi connectivity index (χ2n) is 5.04. The van der Waals surface area contributed by atoms with Crippen molar-refractivity contribution in [1.29, 1.82) is 0 Å².